The third kappa shape index (κ3) is 4.81. The lowest BCUT2D eigenvalue weighted by atomic mass is 9.91. The first-order valence-corrected chi connectivity index (χ1v) is 12.3. The first kappa shape index (κ1) is 27.2. The number of imide groups is 1. The summed E-state index contributed by atoms with van der Waals surface area (Å²) in [6.45, 7) is 1.32. The van der Waals surface area contributed by atoms with E-state index in [0.29, 0.717) is 17.3 Å². The second-order valence-corrected chi connectivity index (χ2v) is 10.1. The van der Waals surface area contributed by atoms with Crippen molar-refractivity contribution in [2.75, 3.05) is 23.4 Å². The number of rotatable bonds is 6. The number of hydrazine groups is 1. The van der Waals surface area contributed by atoms with Gasteiger partial charge in [0.05, 0.1) is 21.3 Å². The highest BCUT2D eigenvalue weighted by atomic mass is 35.5. The highest BCUT2D eigenvalue weighted by molar-refractivity contribution is 6.37. The van der Waals surface area contributed by atoms with E-state index in [1.165, 1.54) is 18.2 Å². The minimum absolute atomic E-state index is 0.0474. The molecular formula is C22H17Cl3F3N7O4. The van der Waals surface area contributed by atoms with Crippen molar-refractivity contribution in [2.45, 2.75) is 24.9 Å². The molecule has 11 nitrogen and oxygen atoms in total. The second kappa shape index (κ2) is 9.70. The van der Waals surface area contributed by atoms with Crippen LogP contribution in [0.5, 0.6) is 0 Å². The number of nitrogens with zero attached hydrogens (tertiary/aromatic N) is 4. The minimum Gasteiger partial charge on any atom is -0.381 e. The second-order valence-electron chi connectivity index (χ2n) is 8.89. The molecule has 3 atom stereocenters. The summed E-state index contributed by atoms with van der Waals surface area (Å²) in [6.07, 6.45) is -5.24. The Kier molecular flexibility index (Phi) is 6.77. The smallest absolute Gasteiger partial charge is 0.381 e. The molecular weight excluding hydrogens is 590 g/mol. The molecule has 4 amide bonds. The van der Waals surface area contributed by atoms with Crippen molar-refractivity contribution in [3.05, 3.63) is 51.1 Å². The maximum absolute atomic E-state index is 13.3. The van der Waals surface area contributed by atoms with Gasteiger partial charge in [0.15, 0.2) is 5.66 Å². The van der Waals surface area contributed by atoms with Crippen molar-refractivity contribution in [1.82, 2.24) is 20.6 Å². The number of benzene rings is 1. The number of nitrogens with one attached hydrogen (secondary N) is 3. The molecule has 2 fully saturated rings. The molecule has 1 aromatic heterocycles. The van der Waals surface area contributed by atoms with Gasteiger partial charge in [-0.15, -0.1) is 0 Å². The number of amides is 4. The fraction of sp³-hybridized carbons (Fsp3) is 0.318. The molecule has 2 aromatic rings. The van der Waals surface area contributed by atoms with E-state index in [0.717, 1.165) is 9.91 Å². The average molecular weight is 607 g/mol. The molecule has 17 heteroatoms. The van der Waals surface area contributed by atoms with Crippen molar-refractivity contribution in [3.63, 3.8) is 0 Å². The number of hydrogen-bond donors (Lipinski definition) is 3. The highest BCUT2D eigenvalue weighted by Crippen LogP contribution is 2.37. The van der Waals surface area contributed by atoms with Gasteiger partial charge in [-0.1, -0.05) is 40.0 Å². The number of anilines is 2. The summed E-state index contributed by atoms with van der Waals surface area (Å²) in [4.78, 5) is 48.8. The van der Waals surface area contributed by atoms with Crippen molar-refractivity contribution < 1.29 is 32.4 Å². The molecule has 0 aliphatic carbocycles. The number of pyridine rings is 1. The third-order valence-corrected chi connectivity index (χ3v) is 7.08. The Morgan fingerprint density at radius 2 is 1.87 bits per heavy atom. The van der Waals surface area contributed by atoms with Gasteiger partial charge in [0.2, 0.25) is 12.0 Å². The van der Waals surface area contributed by atoms with E-state index in [9.17, 15) is 27.6 Å². The summed E-state index contributed by atoms with van der Waals surface area (Å²) in [7, 11) is 0. The van der Waals surface area contributed by atoms with Crippen LogP contribution in [0.3, 0.4) is 0 Å². The number of carbonyl (C=O) groups excluding carboxylic acids is 3. The van der Waals surface area contributed by atoms with Gasteiger partial charge in [-0.2, -0.15) is 18.6 Å². The number of urea groups is 1. The van der Waals surface area contributed by atoms with Crippen LogP contribution in [0.4, 0.5) is 29.5 Å². The molecule has 0 bridgehead atoms. The van der Waals surface area contributed by atoms with E-state index in [4.69, 9.17) is 39.6 Å². The van der Waals surface area contributed by atoms with E-state index in [1.54, 1.807) is 6.92 Å². The van der Waals surface area contributed by atoms with Crippen molar-refractivity contribution in [3.8, 4) is 0 Å². The minimum atomic E-state index is -4.61. The number of aromatic nitrogens is 1. The maximum atomic E-state index is 13.3. The topological polar surface area (TPSA) is 128 Å². The van der Waals surface area contributed by atoms with Crippen LogP contribution in [0.2, 0.25) is 15.1 Å². The van der Waals surface area contributed by atoms with Crippen LogP contribution in [-0.4, -0.2) is 58.3 Å². The maximum Gasteiger partial charge on any atom is 0.417 e. The number of alkyl halides is 3. The summed E-state index contributed by atoms with van der Waals surface area (Å²) < 4.78 is 38.5. The molecule has 0 spiro atoms. The first-order chi connectivity index (χ1) is 18.3. The van der Waals surface area contributed by atoms with Gasteiger partial charge in [-0.25, -0.2) is 14.8 Å². The number of fused-ring (bicyclic) bond motifs is 1. The molecule has 0 saturated carbocycles. The number of halogens is 6. The Labute approximate surface area is 233 Å². The molecule has 3 N–H and O–H groups in total. The molecule has 1 aromatic carbocycles. The Morgan fingerprint density at radius 3 is 2.54 bits per heavy atom. The number of hydrogen-bond acceptors (Lipinski definition) is 8. The summed E-state index contributed by atoms with van der Waals surface area (Å²) in [6, 6.07) is 4.63. The lowest BCUT2D eigenvalue weighted by Gasteiger charge is -2.26. The summed E-state index contributed by atoms with van der Waals surface area (Å²) in [5.74, 6) is -2.48. The van der Waals surface area contributed by atoms with Crippen LogP contribution < -0.4 is 21.1 Å². The Balaban J connectivity index is 1.27. The zero-order valence-corrected chi connectivity index (χ0v) is 21.9. The zero-order valence-electron chi connectivity index (χ0n) is 19.6. The quantitative estimate of drug-likeness (QED) is 0.428. The molecule has 5 rings (SSSR count). The Hall–Kier alpha value is -3.33. The summed E-state index contributed by atoms with van der Waals surface area (Å²) >= 11 is 18.1. The van der Waals surface area contributed by atoms with Crippen LogP contribution >= 0.6 is 34.8 Å². The van der Waals surface area contributed by atoms with E-state index in [-0.39, 0.29) is 40.4 Å². The van der Waals surface area contributed by atoms with Crippen molar-refractivity contribution in [1.29, 1.82) is 0 Å². The molecule has 2 saturated heterocycles. The van der Waals surface area contributed by atoms with Gasteiger partial charge < -0.3 is 15.5 Å². The monoisotopic (exact) mass is 605 g/mol. The lowest BCUT2D eigenvalue weighted by molar-refractivity contribution is -0.142. The molecule has 3 aliphatic heterocycles. The molecule has 0 radical (unpaired) electrons. The van der Waals surface area contributed by atoms with Gasteiger partial charge in [-0.3, -0.25) is 14.5 Å². The fourth-order valence-electron chi connectivity index (χ4n) is 4.40. The molecule has 0 unspecified atom stereocenters. The predicted molar refractivity (Wildman–Crippen MR) is 134 cm³/mol. The Bertz CT molecular complexity index is 1430. The largest absolute Gasteiger partial charge is 0.417 e. The van der Waals surface area contributed by atoms with Gasteiger partial charge >= 0.3 is 12.2 Å². The molecule has 3 aliphatic rings. The summed E-state index contributed by atoms with van der Waals surface area (Å²) in [5, 5.41) is 10.7. The van der Waals surface area contributed by atoms with E-state index in [2.05, 4.69) is 26.2 Å². The third-order valence-electron chi connectivity index (χ3n) is 6.26. The van der Waals surface area contributed by atoms with Crippen molar-refractivity contribution in [2.24, 2.45) is 11.1 Å². The SMILES string of the molecule is C[C@@]1(C2=NO[C@@H]3C(=O)N(CCNc4ncc(C(F)(F)F)cc4Cl)C(=O)[C@@H]23)NC(=O)N(c2ccc(Cl)cc2Cl)N1. The standard InChI is InChI=1S/C22H17Cl3F3N7O4/c1-21(31-20(38)35(33-21)13-3-2-10(23)7-11(13)24)16-14-15(39-32-16)19(37)34(18(14)36)5-4-29-17-12(25)6-9(8-30-17)22(26,27)28/h2-3,6-8,14-15,33H,4-5H2,1H3,(H,29,30)(H,31,38)/t14-,15+,21-/m1/s1. The fourth-order valence-corrected chi connectivity index (χ4v) is 5.12. The Morgan fingerprint density at radius 1 is 1.13 bits per heavy atom. The number of oxime groups is 1. The van der Waals surface area contributed by atoms with Gasteiger partial charge in [0.1, 0.15) is 17.4 Å². The van der Waals surface area contributed by atoms with Crippen LogP contribution in [0.1, 0.15) is 12.5 Å². The van der Waals surface area contributed by atoms with Crippen LogP contribution in [-0.2, 0) is 20.6 Å². The molecule has 4 heterocycles. The first-order valence-electron chi connectivity index (χ1n) is 11.2. The van der Waals surface area contributed by atoms with Gasteiger partial charge in [-0.05, 0) is 31.2 Å². The van der Waals surface area contributed by atoms with E-state index < -0.39 is 47.3 Å². The van der Waals surface area contributed by atoms with Gasteiger partial charge in [0.25, 0.3) is 5.91 Å². The molecule has 39 heavy (non-hydrogen) atoms. The van der Waals surface area contributed by atoms with Crippen molar-refractivity contribution >= 4 is 69.9 Å². The zero-order chi connectivity index (χ0) is 28.3. The van der Waals surface area contributed by atoms with Crippen LogP contribution in [0.15, 0.2) is 35.6 Å². The lowest BCUT2D eigenvalue weighted by Crippen LogP contribution is -2.58. The van der Waals surface area contributed by atoms with Crippen LogP contribution in [0, 0.1) is 5.92 Å². The number of carbonyl (C=O) groups is 3. The molecule has 206 valence electrons. The highest BCUT2D eigenvalue weighted by Gasteiger charge is 2.61. The van der Waals surface area contributed by atoms with Crippen LogP contribution in [0.25, 0.3) is 0 Å². The predicted octanol–water partition coefficient (Wildman–Crippen LogP) is 3.66. The van der Waals surface area contributed by atoms with Gasteiger partial charge in [0, 0.05) is 24.3 Å². The number of likely N-dealkylation sites (tertiary alicyclic amines) is 1. The van der Waals surface area contributed by atoms with E-state index >= 15 is 0 Å². The average Bonchev–Trinajstić information content (AvgIpc) is 3.49. The van der Waals surface area contributed by atoms with E-state index in [1.807, 2.05) is 0 Å². The summed E-state index contributed by atoms with van der Waals surface area (Å²) in [5.41, 5.74) is 0.842. The normalized spacial score (nSPS) is 24.6.